The van der Waals surface area contributed by atoms with Gasteiger partial charge in [0, 0.05) is 0 Å². The third-order valence-corrected chi connectivity index (χ3v) is 2.77. The van der Waals surface area contributed by atoms with Gasteiger partial charge in [-0.3, -0.25) is 5.32 Å². The lowest BCUT2D eigenvalue weighted by atomic mass is 10.1. The van der Waals surface area contributed by atoms with Crippen LogP contribution in [0.25, 0.3) is 0 Å². The summed E-state index contributed by atoms with van der Waals surface area (Å²) in [7, 11) is 2.79. The van der Waals surface area contributed by atoms with E-state index in [0.717, 1.165) is 0 Å². The first-order chi connectivity index (χ1) is 9.15. The molecule has 19 heavy (non-hydrogen) atoms. The molecule has 0 spiro atoms. The van der Waals surface area contributed by atoms with E-state index in [1.165, 1.54) is 32.0 Å². The number of nitriles is 1. The van der Waals surface area contributed by atoms with Gasteiger partial charge in [0.15, 0.2) is 11.4 Å². The highest BCUT2D eigenvalue weighted by atomic mass is 32.2. The van der Waals surface area contributed by atoms with Crippen LogP contribution in [0.2, 0.25) is 0 Å². The van der Waals surface area contributed by atoms with Crippen LogP contribution in [-0.4, -0.2) is 31.6 Å². The number of nitrogens with zero attached hydrogens (tertiary/aromatic N) is 2. The predicted octanol–water partition coefficient (Wildman–Crippen LogP) is 1.90. The van der Waals surface area contributed by atoms with Crippen molar-refractivity contribution in [3.8, 4) is 11.9 Å². The number of aliphatic imine (C=N–C) groups is 1. The number of thioether (sulfide) groups is 1. The zero-order valence-corrected chi connectivity index (χ0v) is 11.6. The predicted molar refractivity (Wildman–Crippen MR) is 73.7 cm³/mol. The summed E-state index contributed by atoms with van der Waals surface area (Å²) < 4.78 is 9.75. The van der Waals surface area contributed by atoms with Gasteiger partial charge < -0.3 is 9.47 Å². The van der Waals surface area contributed by atoms with E-state index in [1.54, 1.807) is 24.6 Å². The van der Waals surface area contributed by atoms with Crippen molar-refractivity contribution < 1.29 is 14.3 Å². The minimum atomic E-state index is -0.518. The van der Waals surface area contributed by atoms with Gasteiger partial charge in [-0.15, -0.1) is 0 Å². The Hall–Kier alpha value is -2.20. The molecule has 1 rings (SSSR count). The molecule has 0 saturated heterocycles. The molecule has 0 unspecified atom stereocenters. The summed E-state index contributed by atoms with van der Waals surface area (Å²) in [6.07, 6.45) is 3.55. The Labute approximate surface area is 115 Å². The first-order valence-corrected chi connectivity index (χ1v) is 6.42. The van der Waals surface area contributed by atoms with Crippen LogP contribution in [0.15, 0.2) is 23.2 Å². The minimum Gasteiger partial charge on any atom is -0.497 e. The Balaban J connectivity index is 3.26. The number of ether oxygens (including phenoxy) is 2. The summed E-state index contributed by atoms with van der Waals surface area (Å²) in [4.78, 5) is 15.9. The Kier molecular flexibility index (Phi) is 5.70. The number of nitrogens with one attached hydrogen (secondary N) is 1. The SMILES string of the molecule is COC(=O)c1cc(OC)ccc1N=C(NC#N)SC. The van der Waals surface area contributed by atoms with E-state index < -0.39 is 5.97 Å². The zero-order chi connectivity index (χ0) is 14.3. The van der Waals surface area contributed by atoms with Gasteiger partial charge in [0.1, 0.15) is 5.75 Å². The number of carbonyl (C=O) groups is 1. The van der Waals surface area contributed by atoms with Crippen LogP contribution in [0.3, 0.4) is 0 Å². The van der Waals surface area contributed by atoms with E-state index in [4.69, 9.17) is 14.7 Å². The molecule has 0 aliphatic rings. The van der Waals surface area contributed by atoms with Crippen molar-refractivity contribution in [2.45, 2.75) is 0 Å². The molecule has 0 aliphatic carbocycles. The fourth-order valence-corrected chi connectivity index (χ4v) is 1.63. The van der Waals surface area contributed by atoms with Crippen molar-refractivity contribution in [3.63, 3.8) is 0 Å². The van der Waals surface area contributed by atoms with Crippen LogP contribution in [0.5, 0.6) is 5.75 Å². The molecule has 1 N–H and O–H groups in total. The van der Waals surface area contributed by atoms with Gasteiger partial charge in [0.2, 0.25) is 0 Å². The Bertz CT molecular complexity index is 538. The fraction of sp³-hybridized carbons (Fsp3) is 0.250. The highest BCUT2D eigenvalue weighted by molar-refractivity contribution is 8.13. The van der Waals surface area contributed by atoms with E-state index in [2.05, 4.69) is 10.3 Å². The molecule has 0 saturated carbocycles. The van der Waals surface area contributed by atoms with Crippen molar-refractivity contribution >= 4 is 28.6 Å². The van der Waals surface area contributed by atoms with E-state index in [-0.39, 0.29) is 5.56 Å². The zero-order valence-electron chi connectivity index (χ0n) is 10.8. The second-order valence-electron chi connectivity index (χ2n) is 3.23. The molecular formula is C12H13N3O3S. The Morgan fingerprint density at radius 2 is 2.21 bits per heavy atom. The highest BCUT2D eigenvalue weighted by Crippen LogP contribution is 2.26. The van der Waals surface area contributed by atoms with Crippen LogP contribution in [0.4, 0.5) is 5.69 Å². The van der Waals surface area contributed by atoms with Crippen molar-refractivity contribution in [1.82, 2.24) is 5.32 Å². The van der Waals surface area contributed by atoms with Gasteiger partial charge in [-0.25, -0.2) is 9.79 Å². The summed E-state index contributed by atoms with van der Waals surface area (Å²) in [5.74, 6) is 0.00774. The lowest BCUT2D eigenvalue weighted by molar-refractivity contribution is 0.0601. The van der Waals surface area contributed by atoms with Crippen LogP contribution >= 0.6 is 11.8 Å². The number of benzene rings is 1. The summed E-state index contributed by atoms with van der Waals surface area (Å²) in [5, 5.41) is 11.4. The maximum absolute atomic E-state index is 11.7. The van der Waals surface area contributed by atoms with Crippen molar-refractivity contribution in [3.05, 3.63) is 23.8 Å². The van der Waals surface area contributed by atoms with Crippen molar-refractivity contribution in [1.29, 1.82) is 5.26 Å². The quantitative estimate of drug-likeness (QED) is 0.299. The molecule has 0 atom stereocenters. The second-order valence-corrected chi connectivity index (χ2v) is 4.03. The average Bonchev–Trinajstić information content (AvgIpc) is 2.46. The largest absolute Gasteiger partial charge is 0.497 e. The third kappa shape index (κ3) is 3.89. The molecule has 100 valence electrons. The maximum atomic E-state index is 11.7. The van der Waals surface area contributed by atoms with E-state index in [0.29, 0.717) is 16.6 Å². The minimum absolute atomic E-state index is 0.271. The van der Waals surface area contributed by atoms with E-state index >= 15 is 0 Å². The topological polar surface area (TPSA) is 83.7 Å². The Morgan fingerprint density at radius 3 is 2.74 bits per heavy atom. The van der Waals surface area contributed by atoms with Crippen LogP contribution < -0.4 is 10.1 Å². The first kappa shape index (κ1) is 14.9. The molecule has 0 aromatic heterocycles. The number of esters is 1. The van der Waals surface area contributed by atoms with E-state index in [9.17, 15) is 4.79 Å². The van der Waals surface area contributed by atoms with Gasteiger partial charge >= 0.3 is 5.97 Å². The number of methoxy groups -OCH3 is 2. The average molecular weight is 279 g/mol. The van der Waals surface area contributed by atoms with Gasteiger partial charge in [-0.2, -0.15) is 5.26 Å². The number of hydrogen-bond donors (Lipinski definition) is 1. The summed E-state index contributed by atoms with van der Waals surface area (Å²) in [6, 6.07) is 4.84. The van der Waals surface area contributed by atoms with Crippen molar-refractivity contribution in [2.75, 3.05) is 20.5 Å². The molecule has 0 fully saturated rings. The molecule has 7 heteroatoms. The number of rotatable bonds is 3. The van der Waals surface area contributed by atoms with E-state index in [1.807, 2.05) is 0 Å². The number of carbonyl (C=O) groups excluding carboxylic acids is 1. The first-order valence-electron chi connectivity index (χ1n) is 5.20. The molecule has 0 amide bonds. The van der Waals surface area contributed by atoms with Crippen LogP contribution in [0.1, 0.15) is 10.4 Å². The third-order valence-electron chi connectivity index (χ3n) is 2.19. The molecule has 0 aliphatic heterocycles. The van der Waals surface area contributed by atoms with Gasteiger partial charge in [-0.05, 0) is 24.5 Å². The standard InChI is InChI=1S/C12H13N3O3S/c1-17-8-4-5-10(9(6-8)11(16)18-2)15-12(19-3)14-7-13/h4-6H,1-3H3,(H,14,15). The smallest absolute Gasteiger partial charge is 0.340 e. The lowest BCUT2D eigenvalue weighted by Crippen LogP contribution is -2.13. The van der Waals surface area contributed by atoms with Gasteiger partial charge in [0.05, 0.1) is 25.5 Å². The monoisotopic (exact) mass is 279 g/mol. The normalized spacial score (nSPS) is 10.5. The number of hydrogen-bond acceptors (Lipinski definition) is 6. The van der Waals surface area contributed by atoms with Gasteiger partial charge in [0.25, 0.3) is 0 Å². The molecule has 1 aromatic rings. The second kappa shape index (κ2) is 7.28. The van der Waals surface area contributed by atoms with Crippen molar-refractivity contribution in [2.24, 2.45) is 4.99 Å². The number of amidine groups is 1. The van der Waals surface area contributed by atoms with Crippen LogP contribution in [0, 0.1) is 11.5 Å². The molecule has 1 aromatic carbocycles. The molecule has 0 heterocycles. The Morgan fingerprint density at radius 1 is 1.47 bits per heavy atom. The highest BCUT2D eigenvalue weighted by Gasteiger charge is 2.13. The lowest BCUT2D eigenvalue weighted by Gasteiger charge is -2.07. The van der Waals surface area contributed by atoms with Crippen LogP contribution in [-0.2, 0) is 4.74 Å². The molecule has 0 bridgehead atoms. The summed E-state index contributed by atoms with van der Waals surface area (Å²) in [5.41, 5.74) is 0.674. The molecule has 0 radical (unpaired) electrons. The summed E-state index contributed by atoms with van der Waals surface area (Å²) >= 11 is 1.26. The molecule has 6 nitrogen and oxygen atoms in total. The molecular weight excluding hydrogens is 266 g/mol. The van der Waals surface area contributed by atoms with Gasteiger partial charge in [-0.1, -0.05) is 11.8 Å². The summed E-state index contributed by atoms with van der Waals surface area (Å²) in [6.45, 7) is 0. The fourth-order valence-electron chi connectivity index (χ4n) is 1.29. The maximum Gasteiger partial charge on any atom is 0.340 e.